The predicted molar refractivity (Wildman–Crippen MR) is 160 cm³/mol. The number of benzene rings is 3. The van der Waals surface area contributed by atoms with Gasteiger partial charge in [-0.25, -0.2) is 4.79 Å². The first-order valence-electron chi connectivity index (χ1n) is 14.2. The molecule has 1 saturated carbocycles. The largest absolute Gasteiger partial charge is 0.489 e. The minimum absolute atomic E-state index is 0.124. The van der Waals surface area contributed by atoms with Crippen LogP contribution < -0.4 is 9.47 Å². The van der Waals surface area contributed by atoms with Crippen LogP contribution in [0.25, 0.3) is 5.57 Å². The van der Waals surface area contributed by atoms with E-state index in [4.69, 9.17) is 14.2 Å². The number of ether oxygens (including phenoxy) is 4. The van der Waals surface area contributed by atoms with Crippen LogP contribution >= 0.6 is 0 Å². The molecule has 1 heterocycles. The second-order valence-corrected chi connectivity index (χ2v) is 10.4. The molecule has 2 aliphatic rings. The van der Waals surface area contributed by atoms with Crippen LogP contribution in [0.1, 0.15) is 46.6 Å². The smallest absolute Gasteiger partial charge is 0.343 e. The van der Waals surface area contributed by atoms with Gasteiger partial charge in [-0.1, -0.05) is 48.2 Å². The number of morpholine rings is 1. The Kier molecular flexibility index (Phi) is 9.74. The molecule has 6 heteroatoms. The summed E-state index contributed by atoms with van der Waals surface area (Å²) < 4.78 is 21.7. The normalized spacial score (nSPS) is 15.5. The van der Waals surface area contributed by atoms with Crippen LogP contribution in [-0.2, 0) is 14.3 Å². The fourth-order valence-corrected chi connectivity index (χ4v) is 4.79. The third-order valence-electron chi connectivity index (χ3n) is 7.36. The number of carbonyl (C=O) groups is 1. The molecule has 0 bridgehead atoms. The zero-order valence-corrected chi connectivity index (χ0v) is 23.9. The summed E-state index contributed by atoms with van der Waals surface area (Å²) in [5.74, 6) is 8.28. The number of rotatable bonds is 10. The Labute approximate surface area is 242 Å². The monoisotopic (exact) mass is 551 g/mol. The third-order valence-corrected chi connectivity index (χ3v) is 7.36. The first kappa shape index (κ1) is 28.5. The van der Waals surface area contributed by atoms with Gasteiger partial charge in [-0.2, -0.15) is 0 Å². The molecule has 5 rings (SSSR count). The van der Waals surface area contributed by atoms with Crippen molar-refractivity contribution in [3.8, 4) is 23.3 Å². The summed E-state index contributed by atoms with van der Waals surface area (Å²) in [6, 6.07) is 23.0. The highest BCUT2D eigenvalue weighted by Gasteiger charge is 2.23. The molecule has 41 heavy (non-hydrogen) atoms. The van der Waals surface area contributed by atoms with Gasteiger partial charge in [0, 0.05) is 18.7 Å². The van der Waals surface area contributed by atoms with Gasteiger partial charge in [-0.15, -0.1) is 0 Å². The van der Waals surface area contributed by atoms with Crippen molar-refractivity contribution in [3.63, 3.8) is 0 Å². The van der Waals surface area contributed by atoms with Crippen LogP contribution in [0.4, 0.5) is 0 Å². The Morgan fingerprint density at radius 3 is 2.34 bits per heavy atom. The topological polar surface area (TPSA) is 57.2 Å². The molecule has 3 aromatic rings. The fraction of sp³-hybridized carbons (Fsp3) is 0.343. The average molecular weight is 552 g/mol. The lowest BCUT2D eigenvalue weighted by molar-refractivity contribution is -0.142. The zero-order valence-electron chi connectivity index (χ0n) is 23.9. The maximum atomic E-state index is 11.4. The minimum Gasteiger partial charge on any atom is -0.489 e. The second-order valence-electron chi connectivity index (χ2n) is 10.4. The van der Waals surface area contributed by atoms with E-state index < -0.39 is 5.97 Å². The van der Waals surface area contributed by atoms with E-state index in [9.17, 15) is 4.79 Å². The lowest BCUT2D eigenvalue weighted by atomic mass is 9.95. The van der Waals surface area contributed by atoms with E-state index >= 15 is 0 Å². The number of esters is 1. The van der Waals surface area contributed by atoms with Gasteiger partial charge in [0.2, 0.25) is 0 Å². The number of carbonyl (C=O) groups excluding carboxylic acids is 1. The van der Waals surface area contributed by atoms with Crippen LogP contribution in [0.15, 0.2) is 72.8 Å². The number of nitrogens with zero attached hydrogens (tertiary/aromatic N) is 1. The molecule has 1 aliphatic heterocycles. The van der Waals surface area contributed by atoms with Crippen molar-refractivity contribution >= 4 is 11.5 Å². The van der Waals surface area contributed by atoms with E-state index in [1.54, 1.807) is 0 Å². The quantitative estimate of drug-likeness (QED) is 0.241. The Morgan fingerprint density at radius 2 is 1.68 bits per heavy atom. The lowest BCUT2D eigenvalue weighted by Crippen LogP contribution is -2.36. The molecule has 2 fully saturated rings. The Balaban J connectivity index is 1.28. The molecule has 0 amide bonds. The van der Waals surface area contributed by atoms with E-state index in [2.05, 4.69) is 76.1 Å². The molecule has 0 atom stereocenters. The number of aryl methyl sites for hydroxylation is 1. The third kappa shape index (κ3) is 8.23. The Morgan fingerprint density at radius 1 is 0.976 bits per heavy atom. The summed E-state index contributed by atoms with van der Waals surface area (Å²) >= 11 is 0. The summed E-state index contributed by atoms with van der Waals surface area (Å²) in [7, 11) is 1.34. The second kappa shape index (κ2) is 14.0. The van der Waals surface area contributed by atoms with E-state index in [1.807, 2.05) is 25.1 Å². The molecule has 0 spiro atoms. The SMILES string of the molecule is COC(=O)COc1ccc(OC/C=C(\c2ccc(C#CCN3CCOCC3)cc2)c2ccc(C3CC3)cc2)cc1C. The van der Waals surface area contributed by atoms with Crippen molar-refractivity contribution in [1.82, 2.24) is 4.90 Å². The van der Waals surface area contributed by atoms with Gasteiger partial charge in [0.25, 0.3) is 0 Å². The Bertz CT molecular complexity index is 1410. The van der Waals surface area contributed by atoms with Crippen LogP contribution in [0.3, 0.4) is 0 Å². The summed E-state index contributed by atoms with van der Waals surface area (Å²) in [5, 5.41) is 0. The summed E-state index contributed by atoms with van der Waals surface area (Å²) in [5.41, 5.74) is 6.71. The molecule has 1 saturated heterocycles. The van der Waals surface area contributed by atoms with Crippen LogP contribution in [0, 0.1) is 18.8 Å². The number of hydrogen-bond donors (Lipinski definition) is 0. The van der Waals surface area contributed by atoms with Gasteiger partial charge in [0.1, 0.15) is 18.1 Å². The van der Waals surface area contributed by atoms with Gasteiger partial charge in [-0.3, -0.25) is 4.90 Å². The molecule has 1 aliphatic carbocycles. The van der Waals surface area contributed by atoms with Crippen molar-refractivity contribution < 1.29 is 23.7 Å². The van der Waals surface area contributed by atoms with Crippen LogP contribution in [0.2, 0.25) is 0 Å². The molecule has 212 valence electrons. The Hall–Kier alpha value is -4.05. The van der Waals surface area contributed by atoms with Crippen molar-refractivity contribution in [3.05, 3.63) is 101 Å². The predicted octanol–water partition coefficient (Wildman–Crippen LogP) is 5.62. The van der Waals surface area contributed by atoms with E-state index in [0.717, 1.165) is 72.3 Å². The van der Waals surface area contributed by atoms with Gasteiger partial charge >= 0.3 is 5.97 Å². The maximum Gasteiger partial charge on any atom is 0.343 e. The molecule has 6 nitrogen and oxygen atoms in total. The standard InChI is InChI=1S/C35H37NO5/c1-26-24-32(15-16-34(26)41-25-35(37)38-2)40-21-17-33(31-13-11-29(12-14-31)28-9-10-28)30-7-5-27(6-8-30)4-3-18-36-19-22-39-23-20-36/h5-8,11-17,24,28H,9-10,18-23,25H2,1-2H3/b33-17+. The maximum absolute atomic E-state index is 11.4. The first-order valence-corrected chi connectivity index (χ1v) is 14.2. The first-order chi connectivity index (χ1) is 20.1. The average Bonchev–Trinajstić information content (AvgIpc) is 3.86. The van der Waals surface area contributed by atoms with Crippen LogP contribution in [-0.4, -0.2) is 64.0 Å². The highest BCUT2D eigenvalue weighted by molar-refractivity contribution is 5.80. The highest BCUT2D eigenvalue weighted by atomic mass is 16.6. The summed E-state index contributed by atoms with van der Waals surface area (Å²) in [4.78, 5) is 13.7. The number of methoxy groups -OCH3 is 1. The number of hydrogen-bond acceptors (Lipinski definition) is 6. The van der Waals surface area contributed by atoms with Gasteiger partial charge in [-0.05, 0) is 89.9 Å². The van der Waals surface area contributed by atoms with Crippen molar-refractivity contribution in [1.29, 1.82) is 0 Å². The van der Waals surface area contributed by atoms with Gasteiger partial charge in [0.15, 0.2) is 6.61 Å². The van der Waals surface area contributed by atoms with Crippen LogP contribution in [0.5, 0.6) is 11.5 Å². The molecule has 0 unspecified atom stereocenters. The van der Waals surface area contributed by atoms with Crippen molar-refractivity contribution in [2.45, 2.75) is 25.7 Å². The molecule has 0 N–H and O–H groups in total. The fourth-order valence-electron chi connectivity index (χ4n) is 4.79. The van der Waals surface area contributed by atoms with Crippen molar-refractivity contribution in [2.75, 3.05) is 53.2 Å². The molecule has 0 radical (unpaired) electrons. The highest BCUT2D eigenvalue weighted by Crippen LogP contribution is 2.40. The van der Waals surface area contributed by atoms with E-state index in [0.29, 0.717) is 12.4 Å². The van der Waals surface area contributed by atoms with Crippen molar-refractivity contribution in [2.24, 2.45) is 0 Å². The minimum atomic E-state index is -0.416. The summed E-state index contributed by atoms with van der Waals surface area (Å²) in [6.45, 7) is 6.42. The van der Waals surface area contributed by atoms with E-state index in [1.165, 1.54) is 25.5 Å². The molecule has 0 aromatic heterocycles. The van der Waals surface area contributed by atoms with E-state index in [-0.39, 0.29) is 6.61 Å². The molecular formula is C35H37NO5. The van der Waals surface area contributed by atoms with Gasteiger partial charge < -0.3 is 18.9 Å². The lowest BCUT2D eigenvalue weighted by Gasteiger charge is -2.24. The van der Waals surface area contributed by atoms with Gasteiger partial charge in [0.05, 0.1) is 26.9 Å². The zero-order chi connectivity index (χ0) is 28.4. The molecule has 3 aromatic carbocycles. The summed E-state index contributed by atoms with van der Waals surface area (Å²) in [6.07, 6.45) is 4.70. The molecular weight excluding hydrogens is 514 g/mol.